The number of aliphatic carboxylic acids is 1. The second-order valence-electron chi connectivity index (χ2n) is 5.70. The molecule has 1 aliphatic rings. The molecule has 114 valence electrons. The molecule has 0 spiro atoms. The maximum atomic E-state index is 11.9. The van der Waals surface area contributed by atoms with E-state index in [1.54, 1.807) is 11.8 Å². The first-order valence-electron chi connectivity index (χ1n) is 7.29. The van der Waals surface area contributed by atoms with Crippen LogP contribution in [0.4, 0.5) is 4.79 Å². The second-order valence-corrected chi connectivity index (χ2v) is 5.70. The van der Waals surface area contributed by atoms with E-state index < -0.39 is 5.97 Å². The highest BCUT2D eigenvalue weighted by Crippen LogP contribution is 2.23. The van der Waals surface area contributed by atoms with E-state index in [1.165, 1.54) is 11.1 Å². The lowest BCUT2D eigenvalue weighted by Gasteiger charge is -2.41. The summed E-state index contributed by atoms with van der Waals surface area (Å²) in [5.74, 6) is -1.11. The summed E-state index contributed by atoms with van der Waals surface area (Å²) in [5, 5.41) is 11.8. The first-order valence-corrected chi connectivity index (χ1v) is 7.29. The molecule has 0 radical (unpaired) electrons. The molecule has 2 N–H and O–H groups in total. The largest absolute Gasteiger partial charge is 0.481 e. The molecule has 5 heteroatoms. The average molecular weight is 290 g/mol. The van der Waals surface area contributed by atoms with Gasteiger partial charge in [-0.1, -0.05) is 31.2 Å². The number of likely N-dealkylation sites (tertiary alicyclic amines) is 1. The molecule has 1 heterocycles. The van der Waals surface area contributed by atoms with Crippen LogP contribution in [0.1, 0.15) is 18.1 Å². The molecule has 0 saturated carbocycles. The zero-order chi connectivity index (χ0) is 15.4. The van der Waals surface area contributed by atoms with Gasteiger partial charge in [0, 0.05) is 25.6 Å². The van der Waals surface area contributed by atoms with E-state index in [2.05, 4.69) is 24.4 Å². The maximum Gasteiger partial charge on any atom is 0.317 e. The molecule has 1 aliphatic heterocycles. The lowest BCUT2D eigenvalue weighted by atomic mass is 9.87. The van der Waals surface area contributed by atoms with Gasteiger partial charge in [-0.05, 0) is 24.5 Å². The Balaban J connectivity index is 1.70. The summed E-state index contributed by atoms with van der Waals surface area (Å²) in [5.41, 5.74) is 2.46. The van der Waals surface area contributed by atoms with E-state index >= 15 is 0 Å². The van der Waals surface area contributed by atoms with Crippen LogP contribution in [0.3, 0.4) is 0 Å². The number of carbonyl (C=O) groups is 2. The summed E-state index contributed by atoms with van der Waals surface area (Å²) < 4.78 is 0. The summed E-state index contributed by atoms with van der Waals surface area (Å²) in [7, 11) is 0. The van der Waals surface area contributed by atoms with Crippen molar-refractivity contribution in [1.29, 1.82) is 0 Å². The van der Waals surface area contributed by atoms with Crippen LogP contribution < -0.4 is 5.32 Å². The van der Waals surface area contributed by atoms with E-state index in [9.17, 15) is 9.59 Å². The summed E-state index contributed by atoms with van der Waals surface area (Å²) in [6.45, 7) is 5.41. The molecule has 1 fully saturated rings. The Bertz CT molecular complexity index is 524. The molecule has 0 aliphatic carbocycles. The molecule has 1 unspecified atom stereocenters. The highest BCUT2D eigenvalue weighted by Gasteiger charge is 2.36. The quantitative estimate of drug-likeness (QED) is 0.870. The highest BCUT2D eigenvalue weighted by atomic mass is 16.4. The van der Waals surface area contributed by atoms with Gasteiger partial charge in [0.1, 0.15) is 0 Å². The van der Waals surface area contributed by atoms with Crippen molar-refractivity contribution in [3.05, 3.63) is 35.4 Å². The summed E-state index contributed by atoms with van der Waals surface area (Å²) >= 11 is 0. The Morgan fingerprint density at radius 3 is 2.67 bits per heavy atom. The number of urea groups is 1. The van der Waals surface area contributed by atoms with Gasteiger partial charge in [-0.25, -0.2) is 4.79 Å². The first kappa shape index (κ1) is 15.4. The molecule has 1 aromatic carbocycles. The fourth-order valence-electron chi connectivity index (χ4n) is 2.50. The third-order valence-corrected chi connectivity index (χ3v) is 4.23. The number of hydrogen-bond acceptors (Lipinski definition) is 2. The smallest absolute Gasteiger partial charge is 0.317 e. The zero-order valence-corrected chi connectivity index (χ0v) is 12.5. The van der Waals surface area contributed by atoms with Gasteiger partial charge in [-0.3, -0.25) is 4.79 Å². The van der Waals surface area contributed by atoms with E-state index in [0.717, 1.165) is 6.42 Å². The summed E-state index contributed by atoms with van der Waals surface area (Å²) in [6.07, 6.45) is 0.807. The van der Waals surface area contributed by atoms with Crippen molar-refractivity contribution in [2.24, 2.45) is 11.8 Å². The first-order chi connectivity index (χ1) is 9.99. The number of nitrogens with zero attached hydrogens (tertiary/aromatic N) is 1. The van der Waals surface area contributed by atoms with Crippen LogP contribution >= 0.6 is 0 Å². The SMILES string of the molecule is Cc1ccccc1CCNC(=O)N1CC(C(C)C(=O)O)C1. The maximum absolute atomic E-state index is 11.9. The molecule has 1 saturated heterocycles. The number of carbonyl (C=O) groups excluding carboxylic acids is 1. The van der Waals surface area contributed by atoms with Gasteiger partial charge in [0.05, 0.1) is 5.92 Å². The van der Waals surface area contributed by atoms with Crippen LogP contribution in [0.25, 0.3) is 0 Å². The van der Waals surface area contributed by atoms with Gasteiger partial charge in [0.15, 0.2) is 0 Å². The van der Waals surface area contributed by atoms with Crippen molar-refractivity contribution in [1.82, 2.24) is 10.2 Å². The van der Waals surface area contributed by atoms with Crippen LogP contribution in [-0.4, -0.2) is 41.6 Å². The number of aryl methyl sites for hydroxylation is 1. The van der Waals surface area contributed by atoms with Crippen LogP contribution in [0, 0.1) is 18.8 Å². The van der Waals surface area contributed by atoms with E-state index in [4.69, 9.17) is 5.11 Å². The normalized spacial score (nSPS) is 16.2. The Morgan fingerprint density at radius 1 is 1.38 bits per heavy atom. The van der Waals surface area contributed by atoms with Gasteiger partial charge in [0.25, 0.3) is 0 Å². The Morgan fingerprint density at radius 2 is 2.05 bits per heavy atom. The van der Waals surface area contributed by atoms with Gasteiger partial charge in [0.2, 0.25) is 0 Å². The number of hydrogen-bond donors (Lipinski definition) is 2. The van der Waals surface area contributed by atoms with Crippen molar-refractivity contribution >= 4 is 12.0 Å². The molecule has 2 rings (SSSR count). The molecule has 5 nitrogen and oxygen atoms in total. The topological polar surface area (TPSA) is 69.6 Å². The number of rotatable bonds is 5. The van der Waals surface area contributed by atoms with Gasteiger partial charge >= 0.3 is 12.0 Å². The lowest BCUT2D eigenvalue weighted by molar-refractivity contribution is -0.144. The number of amides is 2. The van der Waals surface area contributed by atoms with Gasteiger partial charge in [-0.2, -0.15) is 0 Å². The number of carboxylic acids is 1. The Hall–Kier alpha value is -2.04. The van der Waals surface area contributed by atoms with Crippen LogP contribution in [-0.2, 0) is 11.2 Å². The average Bonchev–Trinajstić information content (AvgIpc) is 2.39. The van der Waals surface area contributed by atoms with E-state index in [0.29, 0.717) is 19.6 Å². The number of benzene rings is 1. The molecule has 0 bridgehead atoms. The molecule has 0 aromatic heterocycles. The van der Waals surface area contributed by atoms with Gasteiger partial charge < -0.3 is 15.3 Å². The molecule has 1 atom stereocenters. The number of nitrogens with one attached hydrogen (secondary N) is 1. The number of carboxylic acid groups (broad SMARTS) is 1. The molecular weight excluding hydrogens is 268 g/mol. The second kappa shape index (κ2) is 6.61. The predicted octanol–water partition coefficient (Wildman–Crippen LogP) is 1.90. The Labute approximate surface area is 125 Å². The molecule has 21 heavy (non-hydrogen) atoms. The summed E-state index contributed by atoms with van der Waals surface area (Å²) in [4.78, 5) is 24.4. The molecular formula is C16H22N2O3. The van der Waals surface area contributed by atoms with Crippen molar-refractivity contribution < 1.29 is 14.7 Å². The lowest BCUT2D eigenvalue weighted by Crippen LogP contribution is -2.56. The van der Waals surface area contributed by atoms with Crippen LogP contribution in [0.15, 0.2) is 24.3 Å². The fourth-order valence-corrected chi connectivity index (χ4v) is 2.50. The fraction of sp³-hybridized carbons (Fsp3) is 0.500. The van der Waals surface area contributed by atoms with Crippen molar-refractivity contribution in [3.8, 4) is 0 Å². The monoisotopic (exact) mass is 290 g/mol. The minimum Gasteiger partial charge on any atom is -0.481 e. The van der Waals surface area contributed by atoms with E-state index in [-0.39, 0.29) is 17.9 Å². The Kier molecular flexibility index (Phi) is 4.83. The summed E-state index contributed by atoms with van der Waals surface area (Å²) in [6, 6.07) is 8.02. The van der Waals surface area contributed by atoms with Crippen molar-refractivity contribution in [2.75, 3.05) is 19.6 Å². The van der Waals surface area contributed by atoms with Crippen LogP contribution in [0.5, 0.6) is 0 Å². The third-order valence-electron chi connectivity index (χ3n) is 4.23. The zero-order valence-electron chi connectivity index (χ0n) is 12.5. The standard InChI is InChI=1S/C16H22N2O3/c1-11-5-3-4-6-13(11)7-8-17-16(21)18-9-14(10-18)12(2)15(19)20/h3-6,12,14H,7-10H2,1-2H3,(H,17,21)(H,19,20). The van der Waals surface area contributed by atoms with E-state index in [1.807, 2.05) is 12.1 Å². The minimum absolute atomic E-state index is 0.0737. The van der Waals surface area contributed by atoms with Gasteiger partial charge in [-0.15, -0.1) is 0 Å². The minimum atomic E-state index is -0.792. The van der Waals surface area contributed by atoms with Crippen LogP contribution in [0.2, 0.25) is 0 Å². The molecule has 1 aromatic rings. The predicted molar refractivity (Wildman–Crippen MR) is 80.1 cm³/mol. The molecule has 2 amide bonds. The van der Waals surface area contributed by atoms with Crippen molar-refractivity contribution in [3.63, 3.8) is 0 Å². The highest BCUT2D eigenvalue weighted by molar-refractivity contribution is 5.76. The third kappa shape index (κ3) is 3.74. The van der Waals surface area contributed by atoms with Crippen molar-refractivity contribution in [2.45, 2.75) is 20.3 Å².